The van der Waals surface area contributed by atoms with Gasteiger partial charge < -0.3 is 39.0 Å². The number of rotatable bonds is 9. The van der Waals surface area contributed by atoms with Crippen LogP contribution in [0.4, 0.5) is 9.18 Å². The number of aromatic nitrogens is 2. The van der Waals surface area contributed by atoms with Crippen LogP contribution in [0.5, 0.6) is 0 Å². The Bertz CT molecular complexity index is 1830. The average Bonchev–Trinajstić information content (AvgIpc) is 3.48. The minimum atomic E-state index is -3.20. The fraction of sp³-hybridized carbons (Fsp3) is 0.667. The van der Waals surface area contributed by atoms with Crippen molar-refractivity contribution in [1.29, 1.82) is 0 Å². The molecule has 5 rings (SSSR count). The van der Waals surface area contributed by atoms with Crippen molar-refractivity contribution in [3.05, 3.63) is 42.2 Å². The number of halogens is 1. The highest BCUT2D eigenvalue weighted by atomic mass is 19.1. The van der Waals surface area contributed by atoms with E-state index < -0.39 is 83.1 Å². The molecule has 1 amide bonds. The molecular weight excluding hydrogens is 739 g/mol. The quantitative estimate of drug-likeness (QED) is 0.257. The number of cyclic esters (lactones) is 1. The number of aliphatic hydroxyl groups is 1. The third-order valence-corrected chi connectivity index (χ3v) is 12.0. The van der Waals surface area contributed by atoms with Crippen LogP contribution in [0.25, 0.3) is 17.1 Å². The summed E-state index contributed by atoms with van der Waals surface area (Å²) < 4.78 is 47.9. The lowest BCUT2D eigenvalue weighted by atomic mass is 9.73. The Balaban J connectivity index is 1.59. The van der Waals surface area contributed by atoms with Crippen LogP contribution in [-0.4, -0.2) is 124 Å². The molecule has 3 aliphatic heterocycles. The second-order valence-electron chi connectivity index (χ2n) is 16.8. The number of pyridine rings is 2. The summed E-state index contributed by atoms with van der Waals surface area (Å²) in [5, 5.41) is 14.3. The van der Waals surface area contributed by atoms with Gasteiger partial charge in [0, 0.05) is 36.2 Å². The van der Waals surface area contributed by atoms with Crippen LogP contribution in [0.3, 0.4) is 0 Å². The number of carbonyl (C=O) groups is 4. The van der Waals surface area contributed by atoms with Crippen molar-refractivity contribution in [2.75, 3.05) is 20.7 Å². The maximum Gasteiger partial charge on any atom is 0.408 e. The van der Waals surface area contributed by atoms with Crippen LogP contribution in [0.2, 0.25) is 0 Å². The van der Waals surface area contributed by atoms with Crippen LogP contribution in [0.15, 0.2) is 36.7 Å². The van der Waals surface area contributed by atoms with E-state index in [0.717, 1.165) is 18.0 Å². The van der Waals surface area contributed by atoms with Gasteiger partial charge in [0.2, 0.25) is 0 Å². The number of nitrogens with one attached hydrogen (secondary N) is 1. The van der Waals surface area contributed by atoms with Crippen molar-refractivity contribution in [1.82, 2.24) is 20.2 Å². The number of nitrogens with zero attached hydrogens (tertiary/aromatic N) is 3. The second kappa shape index (κ2) is 17.5. The monoisotopic (exact) mass is 798 g/mol. The van der Waals surface area contributed by atoms with Crippen molar-refractivity contribution < 1.29 is 52.4 Å². The lowest BCUT2D eigenvalue weighted by Crippen LogP contribution is -2.61. The number of hydrogen-bond acceptors (Lipinski definition) is 13. The Hall–Kier alpha value is -3.89. The molecule has 14 nitrogen and oxygen atoms in total. The van der Waals surface area contributed by atoms with E-state index in [2.05, 4.69) is 15.3 Å². The molecule has 2 aromatic heterocycles. The van der Waals surface area contributed by atoms with Gasteiger partial charge in [-0.25, -0.2) is 14.0 Å². The van der Waals surface area contributed by atoms with Crippen LogP contribution < -0.4 is 5.32 Å². The van der Waals surface area contributed by atoms with Crippen LogP contribution in [0, 0.1) is 17.8 Å². The summed E-state index contributed by atoms with van der Waals surface area (Å²) in [5.74, 6) is -5.96. The van der Waals surface area contributed by atoms with Gasteiger partial charge in [-0.15, -0.1) is 0 Å². The number of carbonyl (C=O) groups excluding carboxylic acids is 4. The molecule has 0 saturated carbocycles. The standard InChI is InChI=1S/C42H59FN4O10/c1-11-14-31-42(8)34(46-39(52)57-42)25(4)32(48)23(2)21-40(6,53-18-13-15-27-20-29-28(45-22-27)16-12-17-44-29)36(26(5)35(50)41(7,43)38(51)55-31)56-37-33(49)30(47(9)10)19-24(3)54-37/h12-13,15-17,20,22-26,30-31,33-34,36-37,49H,11,14,18-19,21H2,1-10H3,(H,46,52)/b15-13+/t23-,24-,25+,26+,30+,31-,33-,34?,36-,37+,40-,41+,42-/m1/s1. The van der Waals surface area contributed by atoms with E-state index in [9.17, 15) is 24.3 Å². The van der Waals surface area contributed by atoms with Crippen LogP contribution in [0.1, 0.15) is 86.6 Å². The highest BCUT2D eigenvalue weighted by Crippen LogP contribution is 2.41. The summed E-state index contributed by atoms with van der Waals surface area (Å²) in [6.07, 6.45) is 1.70. The number of alkyl halides is 1. The number of fused-ring (bicyclic) bond motifs is 2. The summed E-state index contributed by atoms with van der Waals surface area (Å²) >= 11 is 0. The number of alkyl carbamates (subject to hydrolysis) is 1. The number of ether oxygens (including phenoxy) is 5. The van der Waals surface area contributed by atoms with Crippen LogP contribution in [-0.2, 0) is 38.1 Å². The van der Waals surface area contributed by atoms with Gasteiger partial charge in [-0.1, -0.05) is 46.3 Å². The molecule has 3 fully saturated rings. The lowest BCUT2D eigenvalue weighted by Gasteiger charge is -2.47. The second-order valence-corrected chi connectivity index (χ2v) is 16.8. The number of hydrogen-bond donors (Lipinski definition) is 2. The molecule has 13 atom stereocenters. The first-order valence-electron chi connectivity index (χ1n) is 19.9. The van der Waals surface area contributed by atoms with E-state index in [0.29, 0.717) is 18.4 Å². The number of amides is 1. The van der Waals surface area contributed by atoms with Crippen molar-refractivity contribution in [2.24, 2.45) is 17.8 Å². The molecule has 15 heteroatoms. The fourth-order valence-corrected chi connectivity index (χ4v) is 8.73. The SMILES string of the molecule is CCC[C@H]1OC(=O)[C@@](C)(F)C(=O)[C@H](C)[C@@H](O[C@@H]2O[C@H](C)C[C@H](N(C)C)[C@H]2O)[C@](C)(OC/C=C/c2cnc3cccnc3c2)C[C@@H](C)C(=O)[C@H](C)C2NC(=O)O[C@@]21C. The number of likely N-dealkylation sites (N-methyl/N-ethyl adjacent to an activating group) is 1. The van der Waals surface area contributed by atoms with Crippen molar-refractivity contribution in [3.63, 3.8) is 0 Å². The normalized spacial score (nSPS) is 38.5. The van der Waals surface area contributed by atoms with E-state index >= 15 is 4.39 Å². The highest BCUT2D eigenvalue weighted by Gasteiger charge is 2.59. The first-order chi connectivity index (χ1) is 26.7. The molecule has 0 radical (unpaired) electrons. The van der Waals surface area contributed by atoms with Gasteiger partial charge >= 0.3 is 12.1 Å². The Labute approximate surface area is 334 Å². The summed E-state index contributed by atoms with van der Waals surface area (Å²) in [5.41, 5.74) is -4.14. The molecule has 2 N–H and O–H groups in total. The highest BCUT2D eigenvalue weighted by molar-refractivity contribution is 6.08. The van der Waals surface area contributed by atoms with Crippen LogP contribution >= 0.6 is 0 Å². The zero-order valence-corrected chi connectivity index (χ0v) is 34.7. The third kappa shape index (κ3) is 9.22. The molecule has 0 aromatic carbocycles. The van der Waals surface area contributed by atoms with E-state index in [1.54, 1.807) is 58.3 Å². The number of Topliss-reactive ketones (excluding diaryl/α,β-unsaturated/α-hetero) is 2. The van der Waals surface area contributed by atoms with E-state index in [4.69, 9.17) is 23.7 Å². The molecule has 0 spiro atoms. The van der Waals surface area contributed by atoms with Gasteiger partial charge in [0.1, 0.15) is 18.0 Å². The number of aliphatic hydroxyl groups excluding tert-OH is 1. The van der Waals surface area contributed by atoms with Gasteiger partial charge in [-0.2, -0.15) is 0 Å². The molecule has 57 heavy (non-hydrogen) atoms. The third-order valence-electron chi connectivity index (χ3n) is 12.0. The van der Waals surface area contributed by atoms with Gasteiger partial charge in [0.25, 0.3) is 5.67 Å². The molecule has 0 bridgehead atoms. The average molecular weight is 799 g/mol. The fourth-order valence-electron chi connectivity index (χ4n) is 8.73. The van der Waals surface area contributed by atoms with E-state index in [-0.39, 0.29) is 37.4 Å². The van der Waals surface area contributed by atoms with Gasteiger partial charge in [-0.3, -0.25) is 19.6 Å². The molecule has 5 heterocycles. The van der Waals surface area contributed by atoms with Gasteiger partial charge in [0.05, 0.1) is 41.5 Å². The molecule has 3 aliphatic rings. The summed E-state index contributed by atoms with van der Waals surface area (Å²) in [4.78, 5) is 66.2. The molecule has 2 aromatic rings. The summed E-state index contributed by atoms with van der Waals surface area (Å²) in [6, 6.07) is 4.17. The number of ketones is 2. The topological polar surface area (TPSA) is 176 Å². The maximum atomic E-state index is 17.0. The van der Waals surface area contributed by atoms with Crippen molar-refractivity contribution in [2.45, 2.75) is 141 Å². The molecule has 3 saturated heterocycles. The summed E-state index contributed by atoms with van der Waals surface area (Å²) in [7, 11) is 3.64. The van der Waals surface area contributed by atoms with Crippen molar-refractivity contribution in [3.8, 4) is 0 Å². The molecule has 0 aliphatic carbocycles. The maximum absolute atomic E-state index is 17.0. The zero-order chi connectivity index (χ0) is 42.0. The van der Waals surface area contributed by atoms with E-state index in [1.807, 2.05) is 45.0 Å². The number of esters is 1. The largest absolute Gasteiger partial charge is 0.455 e. The van der Waals surface area contributed by atoms with Gasteiger partial charge in [0.15, 0.2) is 17.7 Å². The smallest absolute Gasteiger partial charge is 0.408 e. The first kappa shape index (κ1) is 44.2. The Kier molecular flexibility index (Phi) is 13.6. The first-order valence-corrected chi connectivity index (χ1v) is 19.9. The van der Waals surface area contributed by atoms with Gasteiger partial charge in [-0.05, 0) is 84.8 Å². The molecular formula is C42H59FN4O10. The minimum Gasteiger partial charge on any atom is -0.455 e. The zero-order valence-electron chi connectivity index (χ0n) is 34.7. The Morgan fingerprint density at radius 1 is 1.07 bits per heavy atom. The Morgan fingerprint density at radius 2 is 1.79 bits per heavy atom. The predicted molar refractivity (Wildman–Crippen MR) is 208 cm³/mol. The Morgan fingerprint density at radius 3 is 2.47 bits per heavy atom. The van der Waals surface area contributed by atoms with E-state index in [1.165, 1.54) is 6.92 Å². The minimum absolute atomic E-state index is 0.0483. The lowest BCUT2D eigenvalue weighted by molar-refractivity contribution is -0.297. The molecule has 314 valence electrons. The summed E-state index contributed by atoms with van der Waals surface area (Å²) in [6.45, 7) is 12.5. The predicted octanol–water partition coefficient (Wildman–Crippen LogP) is 4.99. The molecule has 1 unspecified atom stereocenters. The van der Waals surface area contributed by atoms with Crippen molar-refractivity contribution >= 4 is 40.7 Å².